The lowest BCUT2D eigenvalue weighted by atomic mass is 10.00. The Labute approximate surface area is 141 Å². The van der Waals surface area contributed by atoms with Gasteiger partial charge in [-0.05, 0) is 44.4 Å². The van der Waals surface area contributed by atoms with E-state index in [9.17, 15) is 5.11 Å². The van der Waals surface area contributed by atoms with E-state index in [0.717, 1.165) is 18.7 Å². The molecule has 2 aliphatic rings. The molecule has 6 nitrogen and oxygen atoms in total. The molecule has 0 radical (unpaired) electrons. The number of hydrogen-bond donors (Lipinski definition) is 1. The van der Waals surface area contributed by atoms with E-state index in [2.05, 4.69) is 47.1 Å². The first-order valence-electron chi connectivity index (χ1n) is 8.43. The monoisotopic (exact) mass is 329 g/mol. The number of nitrogens with zero attached hydrogens (tertiary/aromatic N) is 3. The number of rotatable bonds is 3. The second-order valence-electron chi connectivity index (χ2n) is 7.50. The van der Waals surface area contributed by atoms with Gasteiger partial charge in [0.2, 0.25) is 5.89 Å². The molecular weight excluding hydrogens is 306 g/mol. The van der Waals surface area contributed by atoms with Crippen molar-refractivity contribution in [2.75, 3.05) is 6.54 Å². The molecule has 1 aromatic carbocycles. The van der Waals surface area contributed by atoms with Crippen molar-refractivity contribution in [3.8, 4) is 5.75 Å². The second kappa shape index (κ2) is 5.57. The fourth-order valence-corrected chi connectivity index (χ4v) is 3.76. The molecule has 6 heteroatoms. The molecule has 0 amide bonds. The van der Waals surface area contributed by atoms with E-state index in [1.54, 1.807) is 0 Å². The molecule has 0 aliphatic carbocycles. The fourth-order valence-electron chi connectivity index (χ4n) is 3.76. The summed E-state index contributed by atoms with van der Waals surface area (Å²) in [5.74, 6) is 2.20. The zero-order chi connectivity index (χ0) is 16.9. The molecule has 0 spiro atoms. The largest absolute Gasteiger partial charge is 0.487 e. The Morgan fingerprint density at radius 3 is 2.96 bits per heavy atom. The van der Waals surface area contributed by atoms with Crippen LogP contribution < -0.4 is 4.74 Å². The van der Waals surface area contributed by atoms with Gasteiger partial charge < -0.3 is 14.4 Å². The molecule has 4 rings (SSSR count). The van der Waals surface area contributed by atoms with Crippen LogP contribution in [0.1, 0.15) is 49.2 Å². The Morgan fingerprint density at radius 1 is 1.38 bits per heavy atom. The van der Waals surface area contributed by atoms with Gasteiger partial charge in [0.1, 0.15) is 11.4 Å². The van der Waals surface area contributed by atoms with E-state index in [0.29, 0.717) is 24.7 Å². The minimum Gasteiger partial charge on any atom is -0.487 e. The summed E-state index contributed by atoms with van der Waals surface area (Å²) in [5, 5.41) is 14.0. The van der Waals surface area contributed by atoms with Crippen molar-refractivity contribution >= 4 is 0 Å². The van der Waals surface area contributed by atoms with Gasteiger partial charge in [-0.25, -0.2) is 0 Å². The number of fused-ring (bicyclic) bond motifs is 1. The summed E-state index contributed by atoms with van der Waals surface area (Å²) in [5.41, 5.74) is 2.34. The van der Waals surface area contributed by atoms with Crippen LogP contribution in [0.2, 0.25) is 0 Å². The number of ether oxygens (including phenoxy) is 1. The summed E-state index contributed by atoms with van der Waals surface area (Å²) < 4.78 is 11.3. The fraction of sp³-hybridized carbons (Fsp3) is 0.556. The van der Waals surface area contributed by atoms with Crippen molar-refractivity contribution in [2.24, 2.45) is 0 Å². The van der Waals surface area contributed by atoms with Gasteiger partial charge in [0.25, 0.3) is 0 Å². The summed E-state index contributed by atoms with van der Waals surface area (Å²) >= 11 is 0. The minimum absolute atomic E-state index is 0.0258. The Balaban J connectivity index is 1.54. The van der Waals surface area contributed by atoms with E-state index in [1.807, 2.05) is 6.92 Å². The summed E-state index contributed by atoms with van der Waals surface area (Å²) in [6, 6.07) is 6.34. The summed E-state index contributed by atoms with van der Waals surface area (Å²) in [4.78, 5) is 6.55. The predicted octanol–water partition coefficient (Wildman–Crippen LogP) is 2.40. The number of aryl methyl sites for hydroxylation is 1. The van der Waals surface area contributed by atoms with Gasteiger partial charge in [-0.1, -0.05) is 17.3 Å². The third-order valence-electron chi connectivity index (χ3n) is 4.72. The van der Waals surface area contributed by atoms with Crippen molar-refractivity contribution in [3.63, 3.8) is 0 Å². The van der Waals surface area contributed by atoms with Crippen LogP contribution in [0.25, 0.3) is 0 Å². The first kappa shape index (κ1) is 15.6. The maximum Gasteiger partial charge on any atom is 0.244 e. The van der Waals surface area contributed by atoms with Crippen molar-refractivity contribution in [2.45, 2.75) is 57.9 Å². The molecule has 1 saturated heterocycles. The minimum atomic E-state index is -0.362. The van der Waals surface area contributed by atoms with Gasteiger partial charge >= 0.3 is 0 Å². The highest BCUT2D eigenvalue weighted by Gasteiger charge is 2.36. The van der Waals surface area contributed by atoms with Crippen LogP contribution >= 0.6 is 0 Å². The van der Waals surface area contributed by atoms with Crippen molar-refractivity contribution in [3.05, 3.63) is 41.0 Å². The lowest BCUT2D eigenvalue weighted by molar-refractivity contribution is 0.138. The number of likely N-dealkylation sites (tertiary alicyclic amines) is 1. The van der Waals surface area contributed by atoms with Crippen LogP contribution in [0.3, 0.4) is 0 Å². The zero-order valence-corrected chi connectivity index (χ0v) is 14.3. The smallest absolute Gasteiger partial charge is 0.244 e. The van der Waals surface area contributed by atoms with E-state index in [1.165, 1.54) is 11.1 Å². The first-order chi connectivity index (χ1) is 11.4. The summed E-state index contributed by atoms with van der Waals surface area (Å²) in [6.45, 7) is 7.39. The highest BCUT2D eigenvalue weighted by atomic mass is 16.5. The molecule has 1 aromatic heterocycles. The normalized spacial score (nSPS) is 25.7. The lowest BCUT2D eigenvalue weighted by Gasteiger charge is -2.21. The number of hydrogen-bond acceptors (Lipinski definition) is 6. The van der Waals surface area contributed by atoms with E-state index in [-0.39, 0.29) is 17.7 Å². The maximum atomic E-state index is 10.1. The number of aromatic nitrogens is 2. The number of aliphatic hydroxyl groups excluding tert-OH is 1. The molecule has 2 aliphatic heterocycles. The van der Waals surface area contributed by atoms with Gasteiger partial charge in [-0.2, -0.15) is 4.98 Å². The standard InChI is InChI=1S/C18H23N3O3/c1-11-19-17(24-20-11)15-7-14(22)10-21(15)9-12-4-5-16-13(6-12)8-18(2,3)23-16/h4-6,14-15,22H,7-10H2,1-3H3/t14-,15-/m1/s1. The summed E-state index contributed by atoms with van der Waals surface area (Å²) in [6.07, 6.45) is 1.19. The first-order valence-corrected chi connectivity index (χ1v) is 8.43. The average molecular weight is 329 g/mol. The van der Waals surface area contributed by atoms with Gasteiger partial charge in [0, 0.05) is 19.5 Å². The molecular formula is C18H23N3O3. The Morgan fingerprint density at radius 2 is 2.21 bits per heavy atom. The van der Waals surface area contributed by atoms with Crippen LogP contribution in [0, 0.1) is 6.92 Å². The van der Waals surface area contributed by atoms with Crippen molar-refractivity contribution in [1.82, 2.24) is 15.0 Å². The molecule has 2 aromatic rings. The molecule has 1 fully saturated rings. The highest BCUT2D eigenvalue weighted by molar-refractivity contribution is 5.41. The van der Waals surface area contributed by atoms with Gasteiger partial charge in [0.15, 0.2) is 5.82 Å². The molecule has 128 valence electrons. The van der Waals surface area contributed by atoms with Gasteiger partial charge in [-0.3, -0.25) is 4.90 Å². The van der Waals surface area contributed by atoms with Crippen LogP contribution in [-0.4, -0.2) is 38.4 Å². The molecule has 0 saturated carbocycles. The maximum absolute atomic E-state index is 10.1. The van der Waals surface area contributed by atoms with E-state index < -0.39 is 0 Å². The SMILES string of the molecule is Cc1noc([C@H]2C[C@@H](O)CN2Cc2ccc3c(c2)CC(C)(C)O3)n1. The van der Waals surface area contributed by atoms with Crippen LogP contribution in [-0.2, 0) is 13.0 Å². The predicted molar refractivity (Wildman–Crippen MR) is 87.7 cm³/mol. The number of benzene rings is 1. The third kappa shape index (κ3) is 2.91. The molecule has 0 unspecified atom stereocenters. The molecule has 3 heterocycles. The van der Waals surface area contributed by atoms with Crippen molar-refractivity contribution in [1.29, 1.82) is 0 Å². The Bertz CT molecular complexity index is 756. The second-order valence-corrected chi connectivity index (χ2v) is 7.50. The Kier molecular flexibility index (Phi) is 3.62. The zero-order valence-electron chi connectivity index (χ0n) is 14.3. The highest BCUT2D eigenvalue weighted by Crippen LogP contribution is 2.37. The van der Waals surface area contributed by atoms with Crippen LogP contribution in [0.4, 0.5) is 0 Å². The number of aliphatic hydroxyl groups is 1. The summed E-state index contributed by atoms with van der Waals surface area (Å²) in [7, 11) is 0. The average Bonchev–Trinajstić information content (AvgIpc) is 3.14. The molecule has 1 N–H and O–H groups in total. The number of β-amino-alcohol motifs (C(OH)–C–C–N with tert-alkyl or cyclic N) is 1. The van der Waals surface area contributed by atoms with Gasteiger partial charge in [-0.15, -0.1) is 0 Å². The van der Waals surface area contributed by atoms with Crippen molar-refractivity contribution < 1.29 is 14.4 Å². The van der Waals surface area contributed by atoms with Crippen LogP contribution in [0.15, 0.2) is 22.7 Å². The molecule has 24 heavy (non-hydrogen) atoms. The topological polar surface area (TPSA) is 71.6 Å². The Hall–Kier alpha value is -1.92. The molecule has 2 atom stereocenters. The van der Waals surface area contributed by atoms with E-state index in [4.69, 9.17) is 9.26 Å². The van der Waals surface area contributed by atoms with Gasteiger partial charge in [0.05, 0.1) is 12.1 Å². The molecule has 0 bridgehead atoms. The van der Waals surface area contributed by atoms with Crippen LogP contribution in [0.5, 0.6) is 5.75 Å². The third-order valence-corrected chi connectivity index (χ3v) is 4.72. The van der Waals surface area contributed by atoms with E-state index >= 15 is 0 Å². The quantitative estimate of drug-likeness (QED) is 0.932. The lowest BCUT2D eigenvalue weighted by Crippen LogP contribution is -2.25.